The highest BCUT2D eigenvalue weighted by molar-refractivity contribution is 7.94. The van der Waals surface area contributed by atoms with E-state index in [1.54, 1.807) is 13.8 Å². The molecular weight excluding hydrogens is 418 g/mol. The third-order valence-electron chi connectivity index (χ3n) is 5.28. The molecule has 2 fully saturated rings. The maximum absolute atomic E-state index is 12.8. The number of hydrogen-bond acceptors (Lipinski definition) is 7. The van der Waals surface area contributed by atoms with Gasteiger partial charge in [-0.3, -0.25) is 9.69 Å². The van der Waals surface area contributed by atoms with Crippen LogP contribution in [-0.4, -0.2) is 72.3 Å². The fourth-order valence-corrected chi connectivity index (χ4v) is 6.76. The van der Waals surface area contributed by atoms with E-state index in [2.05, 4.69) is 9.62 Å². The van der Waals surface area contributed by atoms with Crippen molar-refractivity contribution in [2.75, 3.05) is 42.9 Å². The Hall–Kier alpha value is -1.53. The summed E-state index contributed by atoms with van der Waals surface area (Å²) in [6.07, 6.45) is 0. The Balaban J connectivity index is 1.76. The molecule has 1 aromatic carbocycles. The summed E-state index contributed by atoms with van der Waals surface area (Å²) in [5.41, 5.74) is 0.536. The summed E-state index contributed by atoms with van der Waals surface area (Å²) >= 11 is 0. The Kier molecular flexibility index (Phi) is 6.35. The van der Waals surface area contributed by atoms with Crippen LogP contribution in [0.5, 0.6) is 0 Å². The molecule has 29 heavy (non-hydrogen) atoms. The van der Waals surface area contributed by atoms with Crippen molar-refractivity contribution in [1.29, 1.82) is 0 Å². The number of benzene rings is 1. The summed E-state index contributed by atoms with van der Waals surface area (Å²) < 4.78 is 58.8. The van der Waals surface area contributed by atoms with E-state index in [9.17, 15) is 21.6 Å². The fraction of sp³-hybridized carbons (Fsp3) is 0.611. The smallest absolute Gasteiger partial charge is 0.244 e. The van der Waals surface area contributed by atoms with Crippen molar-refractivity contribution in [2.45, 2.75) is 31.7 Å². The molecular formula is C18H27N3O6S2. The van der Waals surface area contributed by atoms with Crippen molar-refractivity contribution in [2.24, 2.45) is 5.92 Å². The first-order valence-electron chi connectivity index (χ1n) is 9.52. The van der Waals surface area contributed by atoms with Crippen LogP contribution in [0.2, 0.25) is 0 Å². The average Bonchev–Trinajstić information content (AvgIpc) is 2.87. The van der Waals surface area contributed by atoms with Gasteiger partial charge in [-0.15, -0.1) is 0 Å². The van der Waals surface area contributed by atoms with Gasteiger partial charge in [-0.25, -0.2) is 25.9 Å². The van der Waals surface area contributed by atoms with Gasteiger partial charge in [0.05, 0.1) is 35.5 Å². The maximum atomic E-state index is 12.8. The number of aryl methyl sites for hydroxylation is 1. The molecule has 1 aromatic rings. The van der Waals surface area contributed by atoms with Crippen LogP contribution in [0.3, 0.4) is 0 Å². The minimum Gasteiger partial charge on any atom is -0.379 e. The average molecular weight is 446 g/mol. The molecule has 1 amide bonds. The van der Waals surface area contributed by atoms with Crippen LogP contribution in [0.25, 0.3) is 0 Å². The molecule has 0 radical (unpaired) electrons. The van der Waals surface area contributed by atoms with Gasteiger partial charge in [-0.05, 0) is 37.6 Å². The minimum atomic E-state index is -3.78. The van der Waals surface area contributed by atoms with Gasteiger partial charge in [0.15, 0.2) is 0 Å². The lowest BCUT2D eigenvalue weighted by atomic mass is 10.2. The number of ether oxygens (including phenoxy) is 1. The van der Waals surface area contributed by atoms with E-state index < -0.39 is 31.9 Å². The van der Waals surface area contributed by atoms with Gasteiger partial charge < -0.3 is 4.74 Å². The zero-order valence-corrected chi connectivity index (χ0v) is 18.4. The van der Waals surface area contributed by atoms with Crippen LogP contribution in [0, 0.1) is 12.8 Å². The van der Waals surface area contributed by atoms with Crippen molar-refractivity contribution in [3.05, 3.63) is 23.8 Å². The molecule has 162 valence electrons. The zero-order chi connectivity index (χ0) is 21.4. The fourth-order valence-electron chi connectivity index (χ4n) is 3.60. The zero-order valence-electron chi connectivity index (χ0n) is 16.8. The van der Waals surface area contributed by atoms with E-state index in [4.69, 9.17) is 4.74 Å². The molecule has 3 rings (SSSR count). The molecule has 11 heteroatoms. The van der Waals surface area contributed by atoms with E-state index in [-0.39, 0.29) is 28.9 Å². The van der Waals surface area contributed by atoms with Crippen molar-refractivity contribution in [1.82, 2.24) is 9.62 Å². The van der Waals surface area contributed by atoms with E-state index in [0.29, 0.717) is 18.8 Å². The number of nitrogens with one attached hydrogen (secondary N) is 1. The maximum Gasteiger partial charge on any atom is 0.244 e. The largest absolute Gasteiger partial charge is 0.379 e. The van der Waals surface area contributed by atoms with E-state index in [1.807, 2.05) is 6.92 Å². The normalized spacial score (nSPS) is 24.0. The number of carbonyl (C=O) groups excluding carboxylic acids is 1. The van der Waals surface area contributed by atoms with E-state index in [1.165, 1.54) is 18.2 Å². The first-order chi connectivity index (χ1) is 13.5. The van der Waals surface area contributed by atoms with Crippen LogP contribution >= 0.6 is 0 Å². The summed E-state index contributed by atoms with van der Waals surface area (Å²) in [7, 11) is -7.51. The molecule has 0 saturated carbocycles. The Labute approximate surface area is 172 Å². The van der Waals surface area contributed by atoms with Crippen LogP contribution in [0.1, 0.15) is 19.4 Å². The van der Waals surface area contributed by atoms with E-state index in [0.717, 1.165) is 17.4 Å². The number of morpholine rings is 1. The van der Waals surface area contributed by atoms with Crippen LogP contribution in [0.15, 0.2) is 23.1 Å². The SMILES string of the molecule is Cc1cc(N2C(=O)C(C)CS2(=O)=O)ccc1S(=O)(=O)NCC(C)N1CCOCC1. The molecule has 1 N–H and O–H groups in total. The summed E-state index contributed by atoms with van der Waals surface area (Å²) in [6.45, 7) is 8.13. The predicted octanol–water partition coefficient (Wildman–Crippen LogP) is 0.307. The molecule has 0 spiro atoms. The molecule has 0 aliphatic carbocycles. The van der Waals surface area contributed by atoms with Crippen molar-refractivity contribution in [3.8, 4) is 0 Å². The third kappa shape index (κ3) is 4.64. The second kappa shape index (κ2) is 8.31. The Bertz CT molecular complexity index is 987. The number of carbonyl (C=O) groups is 1. The van der Waals surface area contributed by atoms with Gasteiger partial charge in [0.1, 0.15) is 0 Å². The van der Waals surface area contributed by atoms with Gasteiger partial charge in [-0.1, -0.05) is 6.92 Å². The molecule has 2 atom stereocenters. The van der Waals surface area contributed by atoms with Crippen molar-refractivity contribution >= 4 is 31.6 Å². The van der Waals surface area contributed by atoms with Gasteiger partial charge >= 0.3 is 0 Å². The number of hydrogen-bond donors (Lipinski definition) is 1. The molecule has 2 saturated heterocycles. The Morgan fingerprint density at radius 2 is 1.93 bits per heavy atom. The lowest BCUT2D eigenvalue weighted by Gasteiger charge is -2.32. The molecule has 0 bridgehead atoms. The second-order valence-corrected chi connectivity index (χ2v) is 11.2. The van der Waals surface area contributed by atoms with E-state index >= 15 is 0 Å². The van der Waals surface area contributed by atoms with Crippen LogP contribution in [0.4, 0.5) is 5.69 Å². The lowest BCUT2D eigenvalue weighted by Crippen LogP contribution is -2.47. The molecule has 2 unspecified atom stereocenters. The van der Waals surface area contributed by atoms with Crippen LogP contribution < -0.4 is 9.03 Å². The molecule has 2 aliphatic rings. The standard InChI is InChI=1S/C18H27N3O6S2/c1-13-10-16(21-18(22)14(2)12-28(21,23)24)4-5-17(13)29(25,26)19-11-15(3)20-6-8-27-9-7-20/h4-5,10,14-15,19H,6-9,11-12H2,1-3H3. The Morgan fingerprint density at radius 1 is 1.28 bits per heavy atom. The molecule has 2 heterocycles. The van der Waals surface area contributed by atoms with Gasteiger partial charge in [-0.2, -0.15) is 0 Å². The van der Waals surface area contributed by atoms with Gasteiger partial charge in [0.2, 0.25) is 26.0 Å². The number of amides is 1. The predicted molar refractivity (Wildman–Crippen MR) is 109 cm³/mol. The highest BCUT2D eigenvalue weighted by Crippen LogP contribution is 2.30. The first kappa shape index (κ1) is 22.2. The summed E-state index contributed by atoms with van der Waals surface area (Å²) in [5.74, 6) is -1.36. The molecule has 9 nitrogen and oxygen atoms in total. The monoisotopic (exact) mass is 445 g/mol. The topological polar surface area (TPSA) is 113 Å². The Morgan fingerprint density at radius 3 is 2.48 bits per heavy atom. The highest BCUT2D eigenvalue weighted by Gasteiger charge is 2.42. The molecule has 2 aliphatic heterocycles. The van der Waals surface area contributed by atoms with Gasteiger partial charge in [0, 0.05) is 25.7 Å². The second-order valence-electron chi connectivity index (χ2n) is 7.58. The summed E-state index contributed by atoms with van der Waals surface area (Å²) in [5, 5.41) is 0. The van der Waals surface area contributed by atoms with Gasteiger partial charge in [0.25, 0.3) is 0 Å². The first-order valence-corrected chi connectivity index (χ1v) is 12.6. The highest BCUT2D eigenvalue weighted by atomic mass is 32.2. The van der Waals surface area contributed by atoms with Crippen molar-refractivity contribution < 1.29 is 26.4 Å². The molecule has 0 aromatic heterocycles. The number of rotatable bonds is 6. The third-order valence-corrected chi connectivity index (χ3v) is 8.73. The summed E-state index contributed by atoms with van der Waals surface area (Å²) in [4.78, 5) is 14.5. The lowest BCUT2D eigenvalue weighted by molar-refractivity contribution is -0.119. The quantitative estimate of drug-likeness (QED) is 0.670. The number of sulfonamides is 2. The van der Waals surface area contributed by atoms with Crippen molar-refractivity contribution in [3.63, 3.8) is 0 Å². The minimum absolute atomic E-state index is 0.0158. The number of anilines is 1. The number of nitrogens with zero attached hydrogens (tertiary/aromatic N) is 2. The summed E-state index contributed by atoms with van der Waals surface area (Å²) in [6, 6.07) is 4.15. The van der Waals surface area contributed by atoms with Crippen LogP contribution in [-0.2, 0) is 29.6 Å².